The minimum atomic E-state index is -0.147. The standard InChI is InChI=1S/C14H19NO3/c1-2-17-14(16)10-13-8-9-18-15(13)11-12-6-4-3-5-7-12/h3-7,13H,2,8-11H2,1H3. The molecule has 0 bridgehead atoms. The van der Waals surface area contributed by atoms with E-state index in [9.17, 15) is 4.79 Å². The summed E-state index contributed by atoms with van der Waals surface area (Å²) >= 11 is 0. The maximum Gasteiger partial charge on any atom is 0.307 e. The molecular weight excluding hydrogens is 230 g/mol. The minimum Gasteiger partial charge on any atom is -0.466 e. The molecule has 0 saturated carbocycles. The summed E-state index contributed by atoms with van der Waals surface area (Å²) in [7, 11) is 0. The number of carbonyl (C=O) groups excluding carboxylic acids is 1. The third-order valence-corrected chi connectivity index (χ3v) is 3.00. The van der Waals surface area contributed by atoms with Crippen molar-refractivity contribution in [2.75, 3.05) is 13.2 Å². The lowest BCUT2D eigenvalue weighted by Crippen LogP contribution is -2.30. The van der Waals surface area contributed by atoms with Crippen molar-refractivity contribution in [1.29, 1.82) is 0 Å². The van der Waals surface area contributed by atoms with Crippen molar-refractivity contribution in [2.24, 2.45) is 0 Å². The van der Waals surface area contributed by atoms with Crippen LogP contribution in [0.4, 0.5) is 0 Å². The van der Waals surface area contributed by atoms with Crippen LogP contribution in [0.15, 0.2) is 30.3 Å². The van der Waals surface area contributed by atoms with Gasteiger partial charge in [0.05, 0.1) is 19.6 Å². The van der Waals surface area contributed by atoms with Crippen LogP contribution in [0.5, 0.6) is 0 Å². The zero-order valence-corrected chi connectivity index (χ0v) is 10.7. The summed E-state index contributed by atoms with van der Waals surface area (Å²) in [6.45, 7) is 3.65. The Morgan fingerprint density at radius 1 is 1.44 bits per heavy atom. The van der Waals surface area contributed by atoms with Crippen molar-refractivity contribution in [1.82, 2.24) is 5.06 Å². The molecular formula is C14H19NO3. The van der Waals surface area contributed by atoms with Crippen LogP contribution in [-0.4, -0.2) is 30.3 Å². The van der Waals surface area contributed by atoms with Crippen LogP contribution >= 0.6 is 0 Å². The highest BCUT2D eigenvalue weighted by atomic mass is 16.7. The lowest BCUT2D eigenvalue weighted by atomic mass is 10.1. The summed E-state index contributed by atoms with van der Waals surface area (Å²) in [5.74, 6) is -0.147. The number of hydrogen-bond acceptors (Lipinski definition) is 4. The number of benzene rings is 1. The molecule has 98 valence electrons. The molecule has 18 heavy (non-hydrogen) atoms. The first-order valence-corrected chi connectivity index (χ1v) is 6.38. The predicted octanol–water partition coefficient (Wildman–Crippen LogP) is 2.15. The monoisotopic (exact) mass is 249 g/mol. The Morgan fingerprint density at radius 3 is 2.94 bits per heavy atom. The van der Waals surface area contributed by atoms with Gasteiger partial charge in [0.15, 0.2) is 0 Å². The number of ether oxygens (including phenoxy) is 1. The quantitative estimate of drug-likeness (QED) is 0.749. The maximum absolute atomic E-state index is 11.5. The van der Waals surface area contributed by atoms with Crippen molar-refractivity contribution >= 4 is 5.97 Å². The molecule has 1 aromatic rings. The molecule has 2 rings (SSSR count). The fourth-order valence-corrected chi connectivity index (χ4v) is 2.11. The summed E-state index contributed by atoms with van der Waals surface area (Å²) in [6.07, 6.45) is 1.28. The summed E-state index contributed by atoms with van der Waals surface area (Å²) in [5.41, 5.74) is 1.19. The lowest BCUT2D eigenvalue weighted by Gasteiger charge is -2.21. The Morgan fingerprint density at radius 2 is 2.22 bits per heavy atom. The zero-order chi connectivity index (χ0) is 12.8. The summed E-state index contributed by atoms with van der Waals surface area (Å²) in [5, 5.41) is 1.90. The number of rotatable bonds is 5. The van der Waals surface area contributed by atoms with Crippen LogP contribution in [0.3, 0.4) is 0 Å². The van der Waals surface area contributed by atoms with Crippen LogP contribution in [0.1, 0.15) is 25.3 Å². The molecule has 1 heterocycles. The first-order valence-electron chi connectivity index (χ1n) is 6.38. The number of esters is 1. The van der Waals surface area contributed by atoms with E-state index in [-0.39, 0.29) is 12.0 Å². The SMILES string of the molecule is CCOC(=O)CC1CCON1Cc1ccccc1. The molecule has 0 N–H and O–H groups in total. The molecule has 4 heteroatoms. The van der Waals surface area contributed by atoms with Crippen molar-refractivity contribution in [2.45, 2.75) is 32.4 Å². The van der Waals surface area contributed by atoms with Crippen LogP contribution in [0.2, 0.25) is 0 Å². The minimum absolute atomic E-state index is 0.129. The highest BCUT2D eigenvalue weighted by Crippen LogP contribution is 2.20. The second kappa shape index (κ2) is 6.52. The van der Waals surface area contributed by atoms with Gasteiger partial charge >= 0.3 is 5.97 Å². The Kier molecular flexibility index (Phi) is 4.73. The molecule has 0 spiro atoms. The van der Waals surface area contributed by atoms with Crippen LogP contribution in [0, 0.1) is 0 Å². The van der Waals surface area contributed by atoms with E-state index < -0.39 is 0 Å². The Hall–Kier alpha value is -1.39. The summed E-state index contributed by atoms with van der Waals surface area (Å²) in [6, 6.07) is 10.2. The topological polar surface area (TPSA) is 38.8 Å². The number of nitrogens with zero attached hydrogens (tertiary/aromatic N) is 1. The van der Waals surface area contributed by atoms with E-state index in [4.69, 9.17) is 9.57 Å². The average molecular weight is 249 g/mol. The highest BCUT2D eigenvalue weighted by molar-refractivity contribution is 5.70. The van der Waals surface area contributed by atoms with Gasteiger partial charge < -0.3 is 4.74 Å². The third-order valence-electron chi connectivity index (χ3n) is 3.00. The molecule has 1 unspecified atom stereocenters. The molecule has 0 aliphatic carbocycles. The van der Waals surface area contributed by atoms with Gasteiger partial charge in [0, 0.05) is 12.6 Å². The molecule has 4 nitrogen and oxygen atoms in total. The van der Waals surface area contributed by atoms with Crippen LogP contribution < -0.4 is 0 Å². The van der Waals surface area contributed by atoms with Gasteiger partial charge in [-0.3, -0.25) is 9.63 Å². The van der Waals surface area contributed by atoms with E-state index in [0.717, 1.165) is 6.42 Å². The van der Waals surface area contributed by atoms with E-state index in [0.29, 0.717) is 26.2 Å². The Bertz CT molecular complexity index is 380. The van der Waals surface area contributed by atoms with Gasteiger partial charge in [-0.25, -0.2) is 0 Å². The van der Waals surface area contributed by atoms with Gasteiger partial charge in [-0.1, -0.05) is 30.3 Å². The van der Waals surface area contributed by atoms with Crippen molar-refractivity contribution in [3.05, 3.63) is 35.9 Å². The Labute approximate surface area is 107 Å². The number of hydrogen-bond donors (Lipinski definition) is 0. The second-order valence-corrected chi connectivity index (χ2v) is 4.35. The highest BCUT2D eigenvalue weighted by Gasteiger charge is 2.28. The van der Waals surface area contributed by atoms with E-state index >= 15 is 0 Å². The van der Waals surface area contributed by atoms with Gasteiger partial charge in [0.2, 0.25) is 0 Å². The molecule has 0 amide bonds. The fraction of sp³-hybridized carbons (Fsp3) is 0.500. The average Bonchev–Trinajstić information content (AvgIpc) is 2.78. The first kappa shape index (κ1) is 13.1. The van der Waals surface area contributed by atoms with Crippen LogP contribution in [0.25, 0.3) is 0 Å². The van der Waals surface area contributed by atoms with Gasteiger partial charge in [-0.2, -0.15) is 5.06 Å². The van der Waals surface area contributed by atoms with Crippen molar-refractivity contribution in [3.8, 4) is 0 Å². The normalized spacial score (nSPS) is 19.9. The van der Waals surface area contributed by atoms with Crippen LogP contribution in [-0.2, 0) is 20.9 Å². The number of carbonyl (C=O) groups is 1. The second-order valence-electron chi connectivity index (χ2n) is 4.35. The zero-order valence-electron chi connectivity index (χ0n) is 10.7. The van der Waals surface area contributed by atoms with E-state index in [1.165, 1.54) is 5.56 Å². The molecule has 0 aromatic heterocycles. The van der Waals surface area contributed by atoms with Gasteiger partial charge in [0.1, 0.15) is 0 Å². The van der Waals surface area contributed by atoms with Gasteiger partial charge in [-0.05, 0) is 18.9 Å². The first-order chi connectivity index (χ1) is 8.79. The summed E-state index contributed by atoms with van der Waals surface area (Å²) < 4.78 is 4.98. The summed E-state index contributed by atoms with van der Waals surface area (Å²) in [4.78, 5) is 17.1. The lowest BCUT2D eigenvalue weighted by molar-refractivity contribution is -0.158. The molecule has 1 aromatic carbocycles. The largest absolute Gasteiger partial charge is 0.466 e. The van der Waals surface area contributed by atoms with E-state index in [1.54, 1.807) is 0 Å². The molecule has 0 radical (unpaired) electrons. The van der Waals surface area contributed by atoms with Gasteiger partial charge in [-0.15, -0.1) is 0 Å². The van der Waals surface area contributed by atoms with Gasteiger partial charge in [0.25, 0.3) is 0 Å². The van der Waals surface area contributed by atoms with Crippen molar-refractivity contribution < 1.29 is 14.4 Å². The Balaban J connectivity index is 1.89. The molecule has 1 aliphatic rings. The van der Waals surface area contributed by atoms with E-state index in [2.05, 4.69) is 12.1 Å². The molecule has 1 fully saturated rings. The predicted molar refractivity (Wildman–Crippen MR) is 67.6 cm³/mol. The smallest absolute Gasteiger partial charge is 0.307 e. The fourth-order valence-electron chi connectivity index (χ4n) is 2.11. The molecule has 1 atom stereocenters. The molecule has 1 saturated heterocycles. The van der Waals surface area contributed by atoms with Crippen molar-refractivity contribution in [3.63, 3.8) is 0 Å². The number of hydroxylamine groups is 2. The maximum atomic E-state index is 11.5. The molecule has 1 aliphatic heterocycles. The van der Waals surface area contributed by atoms with E-state index in [1.807, 2.05) is 30.2 Å². The third kappa shape index (κ3) is 3.55.